The van der Waals surface area contributed by atoms with E-state index in [1.54, 1.807) is 18.0 Å². The molecule has 1 aliphatic rings. The highest BCUT2D eigenvalue weighted by molar-refractivity contribution is 7.98. The van der Waals surface area contributed by atoms with Crippen molar-refractivity contribution < 1.29 is 4.42 Å². The van der Waals surface area contributed by atoms with Crippen molar-refractivity contribution in [1.82, 2.24) is 0 Å². The van der Waals surface area contributed by atoms with Crippen LogP contribution in [0.3, 0.4) is 0 Å². The molecule has 0 N–H and O–H groups in total. The lowest BCUT2D eigenvalue weighted by molar-refractivity contribution is 0.550. The Labute approximate surface area is 123 Å². The minimum atomic E-state index is 0.808. The molecule has 1 saturated heterocycles. The van der Waals surface area contributed by atoms with E-state index in [1.165, 1.54) is 17.7 Å². The van der Waals surface area contributed by atoms with E-state index in [9.17, 15) is 0 Å². The summed E-state index contributed by atoms with van der Waals surface area (Å²) in [5, 5.41) is 0. The first-order chi connectivity index (χ1) is 9.86. The summed E-state index contributed by atoms with van der Waals surface area (Å²) in [4.78, 5) is 7.99. The average molecular weight is 286 g/mol. The van der Waals surface area contributed by atoms with Gasteiger partial charge in [-0.1, -0.05) is 12.1 Å². The minimum absolute atomic E-state index is 0.808. The molecule has 0 bridgehead atoms. The van der Waals surface area contributed by atoms with Crippen LogP contribution in [-0.2, 0) is 0 Å². The Morgan fingerprint density at radius 2 is 1.95 bits per heavy atom. The van der Waals surface area contributed by atoms with Gasteiger partial charge in [0.2, 0.25) is 0 Å². The maximum absolute atomic E-state index is 5.83. The van der Waals surface area contributed by atoms with Gasteiger partial charge >= 0.3 is 0 Å². The standard InChI is InChI=1S/C16H18N2OS/c1-20-15-7-3-2-6-14(15)17-12-13-8-9-16(19-13)18-10-4-5-11-18/h2-3,6-9,12H,4-5,10-11H2,1H3. The molecule has 0 atom stereocenters. The van der Waals surface area contributed by atoms with Crippen molar-refractivity contribution in [3.63, 3.8) is 0 Å². The molecule has 1 aromatic carbocycles. The smallest absolute Gasteiger partial charge is 0.196 e. The number of benzene rings is 1. The minimum Gasteiger partial charge on any atom is -0.440 e. The second kappa shape index (κ2) is 6.18. The first kappa shape index (κ1) is 13.3. The molecule has 0 spiro atoms. The van der Waals surface area contributed by atoms with Crippen molar-refractivity contribution in [1.29, 1.82) is 0 Å². The molecule has 0 amide bonds. The summed E-state index contributed by atoms with van der Waals surface area (Å²) in [6, 6.07) is 12.2. The molecule has 104 valence electrons. The molecule has 1 fully saturated rings. The predicted octanol–water partition coefficient (Wildman–Crippen LogP) is 4.35. The van der Waals surface area contributed by atoms with E-state index in [4.69, 9.17) is 4.42 Å². The normalized spacial score (nSPS) is 15.3. The van der Waals surface area contributed by atoms with Gasteiger partial charge in [0.05, 0.1) is 11.9 Å². The first-order valence-electron chi connectivity index (χ1n) is 6.89. The maximum Gasteiger partial charge on any atom is 0.196 e. The summed E-state index contributed by atoms with van der Waals surface area (Å²) in [7, 11) is 0. The van der Waals surface area contributed by atoms with Gasteiger partial charge in [-0.15, -0.1) is 11.8 Å². The number of anilines is 1. The SMILES string of the molecule is CSc1ccccc1N=Cc1ccc(N2CCCC2)o1. The monoisotopic (exact) mass is 286 g/mol. The van der Waals surface area contributed by atoms with Gasteiger partial charge < -0.3 is 9.32 Å². The first-order valence-corrected chi connectivity index (χ1v) is 8.11. The molecule has 20 heavy (non-hydrogen) atoms. The molecule has 0 aliphatic carbocycles. The Hall–Kier alpha value is -1.68. The van der Waals surface area contributed by atoms with Crippen LogP contribution >= 0.6 is 11.8 Å². The number of nitrogens with zero attached hydrogens (tertiary/aromatic N) is 2. The van der Waals surface area contributed by atoms with Crippen LogP contribution in [0.25, 0.3) is 0 Å². The molecular weight excluding hydrogens is 268 g/mol. The third-order valence-electron chi connectivity index (χ3n) is 3.45. The van der Waals surface area contributed by atoms with Crippen LogP contribution < -0.4 is 4.90 Å². The zero-order valence-electron chi connectivity index (χ0n) is 11.6. The number of para-hydroxylation sites is 1. The van der Waals surface area contributed by atoms with Crippen molar-refractivity contribution in [2.45, 2.75) is 17.7 Å². The van der Waals surface area contributed by atoms with Crippen molar-refractivity contribution in [2.75, 3.05) is 24.2 Å². The summed E-state index contributed by atoms with van der Waals surface area (Å²) in [6.07, 6.45) is 6.37. The van der Waals surface area contributed by atoms with Crippen LogP contribution in [0.5, 0.6) is 0 Å². The maximum atomic E-state index is 5.83. The van der Waals surface area contributed by atoms with E-state index >= 15 is 0 Å². The van der Waals surface area contributed by atoms with Crippen molar-refractivity contribution in [3.8, 4) is 0 Å². The molecule has 0 saturated carbocycles. The van der Waals surface area contributed by atoms with Crippen LogP contribution in [0.4, 0.5) is 11.6 Å². The third-order valence-corrected chi connectivity index (χ3v) is 4.23. The van der Waals surface area contributed by atoms with E-state index < -0.39 is 0 Å². The summed E-state index contributed by atoms with van der Waals surface area (Å²) in [5.41, 5.74) is 0.985. The quantitative estimate of drug-likeness (QED) is 0.618. The number of thioether (sulfide) groups is 1. The fourth-order valence-corrected chi connectivity index (χ4v) is 2.93. The van der Waals surface area contributed by atoms with Crippen molar-refractivity contribution in [2.24, 2.45) is 4.99 Å². The highest BCUT2D eigenvalue weighted by Crippen LogP contribution is 2.27. The Balaban J connectivity index is 1.75. The van der Waals surface area contributed by atoms with E-state index in [1.807, 2.05) is 30.3 Å². The van der Waals surface area contributed by atoms with Gasteiger partial charge in [0.1, 0.15) is 5.76 Å². The molecule has 3 rings (SSSR count). The lowest BCUT2D eigenvalue weighted by Gasteiger charge is -2.12. The molecule has 1 aliphatic heterocycles. The summed E-state index contributed by atoms with van der Waals surface area (Å²) < 4.78 is 5.83. The molecular formula is C16H18N2OS. The van der Waals surface area contributed by atoms with Gasteiger partial charge in [0.25, 0.3) is 0 Å². The number of furan rings is 1. The molecule has 4 heteroatoms. The predicted molar refractivity (Wildman–Crippen MR) is 85.6 cm³/mol. The number of aliphatic imine (C=N–C) groups is 1. The molecule has 2 heterocycles. The molecule has 0 radical (unpaired) electrons. The second-order valence-corrected chi connectivity index (χ2v) is 5.65. The highest BCUT2D eigenvalue weighted by Gasteiger charge is 2.15. The third kappa shape index (κ3) is 2.90. The molecule has 0 unspecified atom stereocenters. The topological polar surface area (TPSA) is 28.7 Å². The van der Waals surface area contributed by atoms with Crippen LogP contribution in [0, 0.1) is 0 Å². The Kier molecular flexibility index (Phi) is 4.11. The summed E-state index contributed by atoms with van der Waals surface area (Å²) >= 11 is 1.70. The molecule has 3 nitrogen and oxygen atoms in total. The van der Waals surface area contributed by atoms with Gasteiger partial charge in [-0.3, -0.25) is 4.99 Å². The van der Waals surface area contributed by atoms with Gasteiger partial charge in [-0.05, 0) is 37.3 Å². The summed E-state index contributed by atoms with van der Waals surface area (Å²) in [5.74, 6) is 1.77. The zero-order chi connectivity index (χ0) is 13.8. The van der Waals surface area contributed by atoms with E-state index in [-0.39, 0.29) is 0 Å². The number of rotatable bonds is 4. The Morgan fingerprint density at radius 3 is 2.75 bits per heavy atom. The summed E-state index contributed by atoms with van der Waals surface area (Å²) in [6.45, 7) is 2.19. The van der Waals surface area contributed by atoms with Crippen LogP contribution in [-0.4, -0.2) is 25.6 Å². The van der Waals surface area contributed by atoms with Crippen LogP contribution in [0.2, 0.25) is 0 Å². The molecule has 2 aromatic rings. The van der Waals surface area contributed by atoms with Gasteiger partial charge in [0.15, 0.2) is 5.88 Å². The average Bonchev–Trinajstić information content (AvgIpc) is 3.16. The van der Waals surface area contributed by atoms with Crippen LogP contribution in [0.15, 0.2) is 50.7 Å². The van der Waals surface area contributed by atoms with Gasteiger partial charge in [0, 0.05) is 24.1 Å². The fourth-order valence-electron chi connectivity index (χ4n) is 2.39. The van der Waals surface area contributed by atoms with Crippen molar-refractivity contribution >= 4 is 29.5 Å². The van der Waals surface area contributed by atoms with E-state index in [2.05, 4.69) is 22.2 Å². The lowest BCUT2D eigenvalue weighted by Crippen LogP contribution is -2.16. The van der Waals surface area contributed by atoms with E-state index in [0.29, 0.717) is 0 Å². The van der Waals surface area contributed by atoms with Crippen LogP contribution in [0.1, 0.15) is 18.6 Å². The van der Waals surface area contributed by atoms with Gasteiger partial charge in [-0.2, -0.15) is 0 Å². The zero-order valence-corrected chi connectivity index (χ0v) is 12.4. The highest BCUT2D eigenvalue weighted by atomic mass is 32.2. The largest absolute Gasteiger partial charge is 0.440 e. The van der Waals surface area contributed by atoms with Gasteiger partial charge in [-0.25, -0.2) is 0 Å². The second-order valence-electron chi connectivity index (χ2n) is 4.80. The number of hydrogen-bond acceptors (Lipinski definition) is 4. The Morgan fingerprint density at radius 1 is 1.15 bits per heavy atom. The van der Waals surface area contributed by atoms with E-state index in [0.717, 1.165) is 30.4 Å². The molecule has 1 aromatic heterocycles. The Bertz CT molecular complexity index is 600. The number of hydrogen-bond donors (Lipinski definition) is 0. The van der Waals surface area contributed by atoms with Crippen molar-refractivity contribution in [3.05, 3.63) is 42.2 Å². The fraction of sp³-hybridized carbons (Fsp3) is 0.312. The lowest BCUT2D eigenvalue weighted by atomic mass is 10.3.